The summed E-state index contributed by atoms with van der Waals surface area (Å²) in [5.41, 5.74) is 2.81. The lowest BCUT2D eigenvalue weighted by molar-refractivity contribution is -0.193. The minimum absolute atomic E-state index is 0.476. The van der Waals surface area contributed by atoms with E-state index < -0.39 is 24.3 Å². The second-order valence-corrected chi connectivity index (χ2v) is 8.81. The summed E-state index contributed by atoms with van der Waals surface area (Å²) in [6, 6.07) is 6.35. The molecule has 0 aliphatic carbocycles. The van der Waals surface area contributed by atoms with Gasteiger partial charge < -0.3 is 14.9 Å². The zero-order valence-electron chi connectivity index (χ0n) is 20.7. The first kappa shape index (κ1) is 32.6. The Morgan fingerprint density at radius 3 is 2.00 bits per heavy atom. The smallest absolute Gasteiger partial charge is 0.475 e. The number of methoxy groups -OCH3 is 1. The minimum Gasteiger partial charge on any atom is -0.475 e. The molecule has 3 heterocycles. The van der Waals surface area contributed by atoms with Crippen LogP contribution in [0.1, 0.15) is 43.5 Å². The quantitative estimate of drug-likeness (QED) is 0.407. The Balaban J connectivity index is 0.000000404. The van der Waals surface area contributed by atoms with Crippen molar-refractivity contribution in [3.8, 4) is 0 Å². The number of piperidine rings is 1. The second-order valence-electron chi connectivity index (χ2n) is 8.81. The number of hydrogen-bond acceptors (Lipinski definition) is 6. The largest absolute Gasteiger partial charge is 0.490 e. The van der Waals surface area contributed by atoms with E-state index in [-0.39, 0.29) is 0 Å². The van der Waals surface area contributed by atoms with Crippen LogP contribution in [0, 0.1) is 6.92 Å². The predicted octanol–water partition coefficient (Wildman–Crippen LogP) is 4.12. The molecule has 2 aliphatic rings. The number of carbonyl (C=O) groups is 2. The summed E-state index contributed by atoms with van der Waals surface area (Å²) in [4.78, 5) is 27.8. The van der Waals surface area contributed by atoms with Crippen molar-refractivity contribution in [2.24, 2.45) is 0 Å². The maximum Gasteiger partial charge on any atom is 0.490 e. The number of nitrogens with zero attached hydrogens (tertiary/aromatic N) is 3. The number of carboxylic acids is 2. The number of pyridine rings is 1. The molecule has 2 aliphatic heterocycles. The van der Waals surface area contributed by atoms with Gasteiger partial charge in [0.1, 0.15) is 0 Å². The summed E-state index contributed by atoms with van der Waals surface area (Å²) in [5.74, 6) is -5.51. The number of aliphatic carboxylic acids is 2. The Kier molecular flexibility index (Phi) is 12.7. The molecule has 8 nitrogen and oxygen atoms in total. The molecular formula is C23H33F6N3O5. The van der Waals surface area contributed by atoms with Crippen molar-refractivity contribution < 1.29 is 50.9 Å². The Bertz CT molecular complexity index is 834. The Hall–Kier alpha value is -2.45. The highest BCUT2D eigenvalue weighted by Gasteiger charge is 2.42. The van der Waals surface area contributed by atoms with Gasteiger partial charge in [0.15, 0.2) is 0 Å². The fourth-order valence-corrected chi connectivity index (χ4v) is 4.35. The van der Waals surface area contributed by atoms with Gasteiger partial charge in [0.05, 0.1) is 5.69 Å². The summed E-state index contributed by atoms with van der Waals surface area (Å²) < 4.78 is 68.7. The first-order valence-corrected chi connectivity index (χ1v) is 11.6. The molecule has 37 heavy (non-hydrogen) atoms. The molecule has 0 unspecified atom stereocenters. The number of aryl methyl sites for hydroxylation is 1. The van der Waals surface area contributed by atoms with Crippen LogP contribution in [0.25, 0.3) is 0 Å². The van der Waals surface area contributed by atoms with Gasteiger partial charge in [-0.05, 0) is 57.7 Å². The van der Waals surface area contributed by atoms with Crippen LogP contribution in [0.15, 0.2) is 18.2 Å². The third-order valence-corrected chi connectivity index (χ3v) is 6.12. The van der Waals surface area contributed by atoms with Gasteiger partial charge in [-0.15, -0.1) is 0 Å². The standard InChI is InChI=1S/C19H31N3O.2C2HF3O2/c1-17-6-3-7-18(20-17)16-21-13-9-19(10-14-21)8-4-11-22(19)12-5-15-23-2;2*3-2(4,5)1(6)7/h3,6-7H,4-5,8-16H2,1-2H3;2*(H,6,7). The molecule has 0 atom stereocenters. The van der Waals surface area contributed by atoms with Gasteiger partial charge in [0.2, 0.25) is 0 Å². The van der Waals surface area contributed by atoms with Crippen molar-refractivity contribution >= 4 is 11.9 Å². The van der Waals surface area contributed by atoms with E-state index in [0.717, 1.165) is 25.3 Å². The molecule has 14 heteroatoms. The van der Waals surface area contributed by atoms with E-state index in [1.807, 2.05) is 0 Å². The molecule has 3 rings (SSSR count). The van der Waals surface area contributed by atoms with Crippen molar-refractivity contribution in [3.63, 3.8) is 0 Å². The molecular weight excluding hydrogens is 512 g/mol. The maximum absolute atomic E-state index is 10.6. The van der Waals surface area contributed by atoms with Crippen LogP contribution in [0.5, 0.6) is 0 Å². The summed E-state index contributed by atoms with van der Waals surface area (Å²) in [6.45, 7) is 8.85. The van der Waals surface area contributed by atoms with Gasteiger partial charge in [-0.1, -0.05) is 6.07 Å². The molecule has 0 amide bonds. The summed E-state index contributed by atoms with van der Waals surface area (Å²) >= 11 is 0. The molecule has 0 aromatic carbocycles. The number of halogens is 6. The number of alkyl halides is 6. The van der Waals surface area contributed by atoms with E-state index in [2.05, 4.69) is 39.9 Å². The predicted molar refractivity (Wildman–Crippen MR) is 121 cm³/mol. The summed E-state index contributed by atoms with van der Waals surface area (Å²) in [7, 11) is 1.80. The van der Waals surface area contributed by atoms with Crippen LogP contribution in [0.3, 0.4) is 0 Å². The number of likely N-dealkylation sites (tertiary alicyclic amines) is 2. The van der Waals surface area contributed by atoms with Crippen LogP contribution in [-0.2, 0) is 20.9 Å². The lowest BCUT2D eigenvalue weighted by Crippen LogP contribution is -2.52. The van der Waals surface area contributed by atoms with Crippen molar-refractivity contribution in [2.75, 3.05) is 39.9 Å². The lowest BCUT2D eigenvalue weighted by atomic mass is 9.84. The molecule has 2 saturated heterocycles. The average molecular weight is 546 g/mol. The maximum atomic E-state index is 10.6. The van der Waals surface area contributed by atoms with Crippen molar-refractivity contribution in [1.29, 1.82) is 0 Å². The third-order valence-electron chi connectivity index (χ3n) is 6.12. The molecule has 2 N–H and O–H groups in total. The molecule has 1 aromatic rings. The van der Waals surface area contributed by atoms with Crippen molar-refractivity contribution in [1.82, 2.24) is 14.8 Å². The first-order valence-electron chi connectivity index (χ1n) is 11.6. The molecule has 1 aromatic heterocycles. The molecule has 1 spiro atoms. The van der Waals surface area contributed by atoms with Crippen molar-refractivity contribution in [3.05, 3.63) is 29.6 Å². The van der Waals surface area contributed by atoms with Crippen LogP contribution < -0.4 is 0 Å². The van der Waals surface area contributed by atoms with E-state index in [1.165, 1.54) is 57.6 Å². The summed E-state index contributed by atoms with van der Waals surface area (Å²) in [6.07, 6.45) is -3.63. The second kappa shape index (κ2) is 14.5. The topological polar surface area (TPSA) is 103 Å². The minimum atomic E-state index is -5.08. The fraction of sp³-hybridized carbons (Fsp3) is 0.696. The van der Waals surface area contributed by atoms with Gasteiger partial charge in [-0.2, -0.15) is 26.3 Å². The van der Waals surface area contributed by atoms with Crippen LogP contribution in [0.4, 0.5) is 26.3 Å². The Morgan fingerprint density at radius 2 is 1.54 bits per heavy atom. The monoisotopic (exact) mass is 545 g/mol. The number of hydrogen-bond donors (Lipinski definition) is 2. The van der Waals surface area contributed by atoms with E-state index in [1.54, 1.807) is 7.11 Å². The van der Waals surface area contributed by atoms with Gasteiger partial charge in [0, 0.05) is 51.1 Å². The molecule has 212 valence electrons. The number of aromatic nitrogens is 1. The van der Waals surface area contributed by atoms with Gasteiger partial charge >= 0.3 is 24.3 Å². The molecule has 0 bridgehead atoms. The van der Waals surface area contributed by atoms with Gasteiger partial charge in [0.25, 0.3) is 0 Å². The third kappa shape index (κ3) is 11.6. The normalized spacial score (nSPS) is 17.9. The lowest BCUT2D eigenvalue weighted by Gasteiger charge is -2.45. The van der Waals surface area contributed by atoms with Gasteiger partial charge in [-0.25, -0.2) is 9.59 Å². The number of rotatable bonds is 6. The highest BCUT2D eigenvalue weighted by atomic mass is 19.4. The van der Waals surface area contributed by atoms with E-state index in [0.29, 0.717) is 5.54 Å². The first-order chi connectivity index (χ1) is 17.1. The van der Waals surface area contributed by atoms with E-state index in [4.69, 9.17) is 24.5 Å². The van der Waals surface area contributed by atoms with E-state index >= 15 is 0 Å². The molecule has 0 radical (unpaired) electrons. The number of carboxylic acid groups (broad SMARTS) is 2. The zero-order chi connectivity index (χ0) is 28.3. The van der Waals surface area contributed by atoms with Crippen LogP contribution in [-0.4, -0.2) is 94.7 Å². The SMILES string of the molecule is COCCCN1CCCC12CCN(Cc1cccc(C)n1)CC2.O=C(O)C(F)(F)F.O=C(O)C(F)(F)F. The van der Waals surface area contributed by atoms with E-state index in [9.17, 15) is 26.3 Å². The highest BCUT2D eigenvalue weighted by Crippen LogP contribution is 2.38. The van der Waals surface area contributed by atoms with Crippen LogP contribution in [0.2, 0.25) is 0 Å². The molecule has 0 saturated carbocycles. The number of ether oxygens (including phenoxy) is 1. The average Bonchev–Trinajstić information content (AvgIpc) is 3.17. The Labute approximate surface area is 211 Å². The zero-order valence-corrected chi connectivity index (χ0v) is 20.7. The summed E-state index contributed by atoms with van der Waals surface area (Å²) in [5, 5.41) is 14.2. The van der Waals surface area contributed by atoms with Crippen molar-refractivity contribution in [2.45, 2.75) is 63.5 Å². The molecule has 2 fully saturated rings. The highest BCUT2D eigenvalue weighted by molar-refractivity contribution is 5.73. The Morgan fingerprint density at radius 1 is 1.00 bits per heavy atom. The van der Waals surface area contributed by atoms with Gasteiger partial charge in [-0.3, -0.25) is 14.8 Å². The van der Waals surface area contributed by atoms with Crippen LogP contribution >= 0.6 is 0 Å². The fourth-order valence-electron chi connectivity index (χ4n) is 4.35.